The minimum atomic E-state index is -0.441. The molecular formula is C11H12ClFN4. The van der Waals surface area contributed by atoms with E-state index in [0.29, 0.717) is 11.6 Å². The molecule has 0 spiro atoms. The van der Waals surface area contributed by atoms with Crippen molar-refractivity contribution in [1.82, 2.24) is 14.8 Å². The van der Waals surface area contributed by atoms with Crippen molar-refractivity contribution in [2.75, 3.05) is 11.9 Å². The van der Waals surface area contributed by atoms with E-state index in [-0.39, 0.29) is 5.82 Å². The molecule has 4 nitrogen and oxygen atoms in total. The maximum absolute atomic E-state index is 13.4. The second-order valence-electron chi connectivity index (χ2n) is 3.68. The predicted molar refractivity (Wildman–Crippen MR) is 64.6 cm³/mol. The molecule has 0 fully saturated rings. The van der Waals surface area contributed by atoms with Crippen molar-refractivity contribution in [1.29, 1.82) is 0 Å². The average Bonchev–Trinajstić information content (AvgIpc) is 2.68. The number of halogens is 2. The first-order valence-electron chi connectivity index (χ1n) is 5.17. The first-order valence-corrected chi connectivity index (χ1v) is 5.55. The van der Waals surface area contributed by atoms with Crippen LogP contribution in [0.3, 0.4) is 0 Å². The SMILES string of the molecule is Cn1cc(CCNc2ncc(Cl)cc2F)cn1. The summed E-state index contributed by atoms with van der Waals surface area (Å²) in [6.45, 7) is 0.594. The molecule has 0 amide bonds. The van der Waals surface area contributed by atoms with Gasteiger partial charge in [0.25, 0.3) is 0 Å². The van der Waals surface area contributed by atoms with Gasteiger partial charge in [0, 0.05) is 26.0 Å². The number of pyridine rings is 1. The fraction of sp³-hybridized carbons (Fsp3) is 0.273. The first kappa shape index (κ1) is 11.9. The minimum Gasteiger partial charge on any atom is -0.367 e. The number of nitrogens with one attached hydrogen (secondary N) is 1. The Morgan fingerprint density at radius 3 is 2.94 bits per heavy atom. The second-order valence-corrected chi connectivity index (χ2v) is 4.12. The minimum absolute atomic E-state index is 0.221. The van der Waals surface area contributed by atoms with Gasteiger partial charge in [-0.3, -0.25) is 4.68 Å². The fourth-order valence-electron chi connectivity index (χ4n) is 1.47. The lowest BCUT2D eigenvalue weighted by molar-refractivity contribution is 0.624. The molecule has 2 aromatic rings. The molecule has 6 heteroatoms. The van der Waals surface area contributed by atoms with Crippen LogP contribution in [-0.2, 0) is 13.5 Å². The quantitative estimate of drug-likeness (QED) is 0.910. The van der Waals surface area contributed by atoms with Crippen molar-refractivity contribution in [2.24, 2.45) is 7.05 Å². The van der Waals surface area contributed by atoms with E-state index >= 15 is 0 Å². The van der Waals surface area contributed by atoms with Crippen molar-refractivity contribution in [3.05, 3.63) is 41.1 Å². The third-order valence-electron chi connectivity index (χ3n) is 2.27. The van der Waals surface area contributed by atoms with E-state index < -0.39 is 5.82 Å². The Morgan fingerprint density at radius 2 is 2.29 bits per heavy atom. The number of aryl methyl sites for hydroxylation is 1. The van der Waals surface area contributed by atoms with Crippen molar-refractivity contribution < 1.29 is 4.39 Å². The van der Waals surface area contributed by atoms with E-state index in [0.717, 1.165) is 12.0 Å². The zero-order chi connectivity index (χ0) is 12.3. The summed E-state index contributed by atoms with van der Waals surface area (Å²) < 4.78 is 15.1. The Labute approximate surface area is 103 Å². The van der Waals surface area contributed by atoms with Crippen LogP contribution in [0.15, 0.2) is 24.7 Å². The molecule has 0 aliphatic rings. The predicted octanol–water partition coefficient (Wildman–Crippen LogP) is 2.26. The molecular weight excluding hydrogens is 243 g/mol. The third-order valence-corrected chi connectivity index (χ3v) is 2.48. The van der Waals surface area contributed by atoms with Gasteiger partial charge in [0.05, 0.1) is 11.2 Å². The molecule has 1 N–H and O–H groups in total. The molecule has 0 saturated carbocycles. The number of hydrogen-bond donors (Lipinski definition) is 1. The van der Waals surface area contributed by atoms with Crippen LogP contribution >= 0.6 is 11.6 Å². The maximum Gasteiger partial charge on any atom is 0.166 e. The molecule has 0 aromatic carbocycles. The molecule has 17 heavy (non-hydrogen) atoms. The summed E-state index contributed by atoms with van der Waals surface area (Å²) in [5.74, 6) is -0.220. The van der Waals surface area contributed by atoms with Gasteiger partial charge in [0.2, 0.25) is 0 Å². The highest BCUT2D eigenvalue weighted by molar-refractivity contribution is 6.30. The number of rotatable bonds is 4. The van der Waals surface area contributed by atoms with Crippen molar-refractivity contribution in [3.63, 3.8) is 0 Å². The number of anilines is 1. The van der Waals surface area contributed by atoms with Gasteiger partial charge in [-0.2, -0.15) is 5.10 Å². The zero-order valence-corrected chi connectivity index (χ0v) is 10.1. The van der Waals surface area contributed by atoms with Gasteiger partial charge in [0.15, 0.2) is 11.6 Å². The van der Waals surface area contributed by atoms with Crippen LogP contribution in [0.5, 0.6) is 0 Å². The van der Waals surface area contributed by atoms with Crippen LogP contribution in [0.25, 0.3) is 0 Å². The van der Waals surface area contributed by atoms with Gasteiger partial charge < -0.3 is 5.32 Å². The Balaban J connectivity index is 1.90. The van der Waals surface area contributed by atoms with E-state index in [1.54, 1.807) is 10.9 Å². The normalized spacial score (nSPS) is 10.5. The van der Waals surface area contributed by atoms with E-state index in [9.17, 15) is 4.39 Å². The molecule has 0 aliphatic carbocycles. The highest BCUT2D eigenvalue weighted by Gasteiger charge is 2.04. The second kappa shape index (κ2) is 5.14. The topological polar surface area (TPSA) is 42.7 Å². The van der Waals surface area contributed by atoms with Gasteiger partial charge in [0.1, 0.15) is 0 Å². The lowest BCUT2D eigenvalue weighted by Gasteiger charge is -2.05. The molecule has 0 bridgehead atoms. The van der Waals surface area contributed by atoms with Crippen LogP contribution in [0.2, 0.25) is 5.02 Å². The summed E-state index contributed by atoms with van der Waals surface area (Å²) in [6.07, 6.45) is 5.88. The van der Waals surface area contributed by atoms with Crippen LogP contribution < -0.4 is 5.32 Å². The van der Waals surface area contributed by atoms with E-state index in [1.165, 1.54) is 12.3 Å². The largest absolute Gasteiger partial charge is 0.367 e. The molecule has 0 saturated heterocycles. The van der Waals surface area contributed by atoms with E-state index in [4.69, 9.17) is 11.6 Å². The van der Waals surface area contributed by atoms with E-state index in [2.05, 4.69) is 15.4 Å². The van der Waals surface area contributed by atoms with Crippen molar-refractivity contribution in [2.45, 2.75) is 6.42 Å². The van der Waals surface area contributed by atoms with Crippen LogP contribution in [0.1, 0.15) is 5.56 Å². The molecule has 0 radical (unpaired) electrons. The molecule has 0 atom stereocenters. The molecule has 0 unspecified atom stereocenters. The Bertz CT molecular complexity index is 512. The molecule has 90 valence electrons. The summed E-state index contributed by atoms with van der Waals surface area (Å²) in [5, 5.41) is 7.26. The Morgan fingerprint density at radius 1 is 1.47 bits per heavy atom. The van der Waals surface area contributed by atoms with Crippen LogP contribution in [0.4, 0.5) is 10.2 Å². The summed E-state index contributed by atoms with van der Waals surface area (Å²) in [5.41, 5.74) is 1.09. The lowest BCUT2D eigenvalue weighted by Crippen LogP contribution is -2.07. The van der Waals surface area contributed by atoms with E-state index in [1.807, 2.05) is 13.2 Å². The Hall–Kier alpha value is -1.62. The average molecular weight is 255 g/mol. The smallest absolute Gasteiger partial charge is 0.166 e. The van der Waals surface area contributed by atoms with Gasteiger partial charge >= 0.3 is 0 Å². The number of nitrogens with zero attached hydrogens (tertiary/aromatic N) is 3. The molecule has 2 rings (SSSR count). The standard InChI is InChI=1S/C11H12ClFN4/c1-17-7-8(5-16-17)2-3-14-11-10(13)4-9(12)6-15-11/h4-7H,2-3H2,1H3,(H,14,15). The number of aromatic nitrogens is 3. The molecule has 0 aliphatic heterocycles. The lowest BCUT2D eigenvalue weighted by atomic mass is 10.2. The molecule has 2 aromatic heterocycles. The summed E-state index contributed by atoms with van der Waals surface area (Å²) in [7, 11) is 1.86. The fourth-order valence-corrected chi connectivity index (χ4v) is 1.62. The zero-order valence-electron chi connectivity index (χ0n) is 9.32. The van der Waals surface area contributed by atoms with Crippen LogP contribution in [0, 0.1) is 5.82 Å². The summed E-state index contributed by atoms with van der Waals surface area (Å²) >= 11 is 5.61. The summed E-state index contributed by atoms with van der Waals surface area (Å²) in [4.78, 5) is 3.88. The van der Waals surface area contributed by atoms with Crippen molar-refractivity contribution >= 4 is 17.4 Å². The highest BCUT2D eigenvalue weighted by Crippen LogP contribution is 2.15. The first-order chi connectivity index (χ1) is 8.15. The van der Waals surface area contributed by atoms with Gasteiger partial charge in [-0.25, -0.2) is 9.37 Å². The van der Waals surface area contributed by atoms with Gasteiger partial charge in [-0.15, -0.1) is 0 Å². The van der Waals surface area contributed by atoms with Crippen molar-refractivity contribution in [3.8, 4) is 0 Å². The third kappa shape index (κ3) is 3.17. The molecule has 2 heterocycles. The number of hydrogen-bond acceptors (Lipinski definition) is 3. The van der Waals surface area contributed by atoms with Crippen LogP contribution in [-0.4, -0.2) is 21.3 Å². The summed E-state index contributed by atoms with van der Waals surface area (Å²) in [6, 6.07) is 1.24. The van der Waals surface area contributed by atoms with Gasteiger partial charge in [-0.05, 0) is 18.1 Å². The highest BCUT2D eigenvalue weighted by atomic mass is 35.5. The maximum atomic E-state index is 13.4. The van der Waals surface area contributed by atoms with Gasteiger partial charge in [-0.1, -0.05) is 11.6 Å². The Kier molecular flexibility index (Phi) is 3.58. The monoisotopic (exact) mass is 254 g/mol.